The van der Waals surface area contributed by atoms with Crippen molar-refractivity contribution >= 4 is 29.6 Å². The van der Waals surface area contributed by atoms with E-state index in [1.165, 1.54) is 31.5 Å². The molecular formula is C28H27ClN4O6. The lowest BCUT2D eigenvalue weighted by Crippen LogP contribution is -2.21. The van der Waals surface area contributed by atoms with E-state index in [9.17, 15) is 9.59 Å². The second kappa shape index (κ2) is 12.2. The Labute approximate surface area is 229 Å². The number of carbonyl (C=O) groups is 2. The van der Waals surface area contributed by atoms with Crippen LogP contribution in [0.15, 0.2) is 70.2 Å². The molecule has 2 heterocycles. The summed E-state index contributed by atoms with van der Waals surface area (Å²) in [5.74, 6) is 0.410. The lowest BCUT2D eigenvalue weighted by molar-refractivity contribution is -0.119. The summed E-state index contributed by atoms with van der Waals surface area (Å²) < 4.78 is 24.2. The average Bonchev–Trinajstić information content (AvgIpc) is 3.52. The summed E-state index contributed by atoms with van der Waals surface area (Å²) in [5, 5.41) is 4.28. The first-order valence-corrected chi connectivity index (χ1v) is 12.2. The number of hydrogen-bond acceptors (Lipinski definition) is 7. The highest BCUT2D eigenvalue weighted by molar-refractivity contribution is 6.31. The second-order valence-corrected chi connectivity index (χ2v) is 8.92. The monoisotopic (exact) mass is 550 g/mol. The number of furan rings is 1. The highest BCUT2D eigenvalue weighted by Gasteiger charge is 2.14. The Morgan fingerprint density at radius 2 is 1.77 bits per heavy atom. The summed E-state index contributed by atoms with van der Waals surface area (Å²) in [5.41, 5.74) is 11.2. The summed E-state index contributed by atoms with van der Waals surface area (Å²) in [7, 11) is 1.42. The van der Waals surface area contributed by atoms with E-state index in [0.717, 1.165) is 17.1 Å². The Balaban J connectivity index is 1.36. The average molecular weight is 551 g/mol. The van der Waals surface area contributed by atoms with Crippen LogP contribution in [-0.4, -0.2) is 36.3 Å². The summed E-state index contributed by atoms with van der Waals surface area (Å²) >= 11 is 6.12. The Morgan fingerprint density at radius 3 is 2.44 bits per heavy atom. The fourth-order valence-corrected chi connectivity index (χ4v) is 4.07. The van der Waals surface area contributed by atoms with Gasteiger partial charge in [-0.3, -0.25) is 9.59 Å². The van der Waals surface area contributed by atoms with Gasteiger partial charge in [-0.05, 0) is 68.4 Å². The van der Waals surface area contributed by atoms with Crippen molar-refractivity contribution in [2.45, 2.75) is 20.5 Å². The molecule has 10 nitrogen and oxygen atoms in total. The van der Waals surface area contributed by atoms with Gasteiger partial charge in [0, 0.05) is 33.7 Å². The summed E-state index contributed by atoms with van der Waals surface area (Å²) in [6.45, 7) is 3.87. The Morgan fingerprint density at radius 1 is 1.05 bits per heavy atom. The van der Waals surface area contributed by atoms with Crippen LogP contribution < -0.4 is 25.4 Å². The van der Waals surface area contributed by atoms with Crippen molar-refractivity contribution in [2.75, 3.05) is 13.7 Å². The number of primary amides is 1. The van der Waals surface area contributed by atoms with E-state index < -0.39 is 11.8 Å². The molecule has 0 saturated heterocycles. The largest absolute Gasteiger partial charge is 0.493 e. The SMILES string of the molecule is COc1cc(Cl)cc(C=NNC(=O)c2ccc(COc3ccc(-n4c(C)ccc4C)cc3)o2)c1OCC(N)=O. The molecule has 0 bridgehead atoms. The van der Waals surface area contributed by atoms with Gasteiger partial charge in [0.2, 0.25) is 0 Å². The van der Waals surface area contributed by atoms with Crippen LogP contribution in [-0.2, 0) is 11.4 Å². The first kappa shape index (κ1) is 27.3. The zero-order chi connectivity index (χ0) is 27.9. The molecule has 4 rings (SSSR count). The van der Waals surface area contributed by atoms with E-state index >= 15 is 0 Å². The number of ether oxygens (including phenoxy) is 3. The number of hydrogen-bond donors (Lipinski definition) is 2. The highest BCUT2D eigenvalue weighted by atomic mass is 35.5. The van der Waals surface area contributed by atoms with Gasteiger partial charge in [0.15, 0.2) is 23.9 Å². The molecule has 0 saturated carbocycles. The van der Waals surface area contributed by atoms with Gasteiger partial charge in [0.05, 0.1) is 13.3 Å². The number of nitrogens with zero attached hydrogens (tertiary/aromatic N) is 2. The molecule has 3 N–H and O–H groups in total. The molecule has 4 aromatic rings. The molecule has 2 aromatic heterocycles. The second-order valence-electron chi connectivity index (χ2n) is 8.48. The molecule has 2 aromatic carbocycles. The summed E-state index contributed by atoms with van der Waals surface area (Å²) in [6, 6.07) is 18.1. The number of carbonyl (C=O) groups excluding carboxylic acids is 2. The van der Waals surface area contributed by atoms with Crippen molar-refractivity contribution in [2.24, 2.45) is 10.8 Å². The van der Waals surface area contributed by atoms with Gasteiger partial charge in [-0.2, -0.15) is 5.10 Å². The van der Waals surface area contributed by atoms with Gasteiger partial charge >= 0.3 is 5.91 Å². The molecule has 0 fully saturated rings. The molecule has 0 aliphatic carbocycles. The topological polar surface area (TPSA) is 130 Å². The van der Waals surface area contributed by atoms with Gasteiger partial charge in [-0.25, -0.2) is 5.43 Å². The van der Waals surface area contributed by atoms with Crippen molar-refractivity contribution in [1.82, 2.24) is 9.99 Å². The maximum atomic E-state index is 12.5. The van der Waals surface area contributed by atoms with Crippen molar-refractivity contribution in [3.05, 3.63) is 94.2 Å². The van der Waals surface area contributed by atoms with Crippen molar-refractivity contribution in [3.63, 3.8) is 0 Å². The molecule has 0 aliphatic rings. The van der Waals surface area contributed by atoms with E-state index in [4.69, 9.17) is 36.0 Å². The van der Waals surface area contributed by atoms with Crippen LogP contribution in [0.4, 0.5) is 0 Å². The Bertz CT molecular complexity index is 1490. The number of nitrogens with one attached hydrogen (secondary N) is 1. The van der Waals surface area contributed by atoms with Crippen LogP contribution in [0.1, 0.15) is 33.3 Å². The number of benzene rings is 2. The van der Waals surface area contributed by atoms with Crippen LogP contribution in [0.5, 0.6) is 17.2 Å². The standard InChI is InChI=1S/C28H27ClN4O6/c1-17-4-5-18(2)33(17)21-6-8-22(9-7-21)37-15-23-10-11-24(39-23)28(35)32-31-14-19-12-20(29)13-25(36-3)27(19)38-16-26(30)34/h4-14H,15-16H2,1-3H3,(H2,30,34)(H,32,35). The van der Waals surface area contributed by atoms with E-state index in [2.05, 4.69) is 41.1 Å². The number of aryl methyl sites for hydroxylation is 2. The van der Waals surface area contributed by atoms with Crippen molar-refractivity contribution in [1.29, 1.82) is 0 Å². The maximum absolute atomic E-state index is 12.5. The van der Waals surface area contributed by atoms with Crippen LogP contribution in [0.2, 0.25) is 5.02 Å². The Hall–Kier alpha value is -4.70. The third-order valence-electron chi connectivity index (χ3n) is 5.63. The predicted molar refractivity (Wildman–Crippen MR) is 146 cm³/mol. The van der Waals surface area contributed by atoms with Gasteiger partial charge in [-0.15, -0.1) is 0 Å². The molecule has 0 aliphatic heterocycles. The van der Waals surface area contributed by atoms with E-state index in [1.807, 2.05) is 24.3 Å². The summed E-state index contributed by atoms with van der Waals surface area (Å²) in [4.78, 5) is 23.7. The molecule has 0 radical (unpaired) electrons. The predicted octanol–water partition coefficient (Wildman–Crippen LogP) is 4.56. The van der Waals surface area contributed by atoms with Gasteiger partial charge < -0.3 is 28.9 Å². The molecule has 0 unspecified atom stereocenters. The molecular weight excluding hydrogens is 524 g/mol. The third-order valence-corrected chi connectivity index (χ3v) is 5.85. The minimum absolute atomic E-state index is 0.0496. The number of halogens is 1. The van der Waals surface area contributed by atoms with Crippen LogP contribution in [0.25, 0.3) is 5.69 Å². The normalized spacial score (nSPS) is 11.0. The molecule has 0 spiro atoms. The molecule has 0 atom stereocenters. The molecule has 202 valence electrons. The molecule has 2 amide bonds. The fourth-order valence-electron chi connectivity index (χ4n) is 3.85. The van der Waals surface area contributed by atoms with Crippen LogP contribution in [0.3, 0.4) is 0 Å². The van der Waals surface area contributed by atoms with E-state index in [1.54, 1.807) is 6.07 Å². The zero-order valence-electron chi connectivity index (χ0n) is 21.6. The molecule has 39 heavy (non-hydrogen) atoms. The quantitative estimate of drug-likeness (QED) is 0.208. The third kappa shape index (κ3) is 6.79. The van der Waals surface area contributed by atoms with Gasteiger partial charge in [0.25, 0.3) is 5.91 Å². The van der Waals surface area contributed by atoms with E-state index in [0.29, 0.717) is 22.1 Å². The minimum Gasteiger partial charge on any atom is -0.493 e. The number of aromatic nitrogens is 1. The summed E-state index contributed by atoms with van der Waals surface area (Å²) in [6.07, 6.45) is 1.30. The lowest BCUT2D eigenvalue weighted by atomic mass is 10.2. The maximum Gasteiger partial charge on any atom is 0.307 e. The first-order valence-electron chi connectivity index (χ1n) is 11.8. The van der Waals surface area contributed by atoms with Crippen LogP contribution >= 0.6 is 11.6 Å². The fraction of sp³-hybridized carbons (Fsp3) is 0.179. The van der Waals surface area contributed by atoms with Gasteiger partial charge in [-0.1, -0.05) is 11.6 Å². The van der Waals surface area contributed by atoms with Crippen molar-refractivity contribution < 1.29 is 28.2 Å². The van der Waals surface area contributed by atoms with Crippen molar-refractivity contribution in [3.8, 4) is 22.9 Å². The number of rotatable bonds is 11. The minimum atomic E-state index is -0.667. The molecule has 11 heteroatoms. The van der Waals surface area contributed by atoms with Crippen LogP contribution in [0, 0.1) is 13.8 Å². The number of methoxy groups -OCH3 is 1. The number of hydrazone groups is 1. The Kier molecular flexibility index (Phi) is 8.57. The number of amides is 2. The van der Waals surface area contributed by atoms with Gasteiger partial charge in [0.1, 0.15) is 18.1 Å². The van der Waals surface area contributed by atoms with E-state index in [-0.39, 0.29) is 30.5 Å². The highest BCUT2D eigenvalue weighted by Crippen LogP contribution is 2.34. The number of nitrogens with two attached hydrogens (primary N) is 1. The smallest absolute Gasteiger partial charge is 0.307 e. The first-order chi connectivity index (χ1) is 18.7. The lowest BCUT2D eigenvalue weighted by Gasteiger charge is -2.12. The zero-order valence-corrected chi connectivity index (χ0v) is 22.3.